The van der Waals surface area contributed by atoms with Gasteiger partial charge in [0.25, 0.3) is 0 Å². The molecule has 1 aromatic heterocycles. The van der Waals surface area contributed by atoms with Gasteiger partial charge in [-0.15, -0.1) is 0 Å². The Morgan fingerprint density at radius 2 is 1.80 bits per heavy atom. The van der Waals surface area contributed by atoms with Crippen LogP contribution in [0, 0.1) is 6.92 Å². The molecule has 0 unspecified atom stereocenters. The third-order valence-electron chi connectivity index (χ3n) is 5.13. The van der Waals surface area contributed by atoms with Gasteiger partial charge in [-0.3, -0.25) is 0 Å². The molecule has 0 radical (unpaired) electrons. The van der Waals surface area contributed by atoms with Crippen LogP contribution in [0.1, 0.15) is 49.4 Å². The summed E-state index contributed by atoms with van der Waals surface area (Å²) >= 11 is 0. The van der Waals surface area contributed by atoms with Crippen molar-refractivity contribution in [3.05, 3.63) is 29.0 Å². The number of rotatable bonds is 3. The van der Waals surface area contributed by atoms with Crippen molar-refractivity contribution in [2.75, 3.05) is 7.11 Å². The molecule has 0 spiro atoms. The zero-order valence-corrected chi connectivity index (χ0v) is 15.6. The van der Waals surface area contributed by atoms with Crippen molar-refractivity contribution in [3.63, 3.8) is 0 Å². The number of hydrogen-bond donors (Lipinski definition) is 1. The highest BCUT2D eigenvalue weighted by molar-refractivity contribution is 6.65. The Morgan fingerprint density at radius 3 is 2.32 bits per heavy atom. The Morgan fingerprint density at radius 1 is 1.20 bits per heavy atom. The number of furan rings is 1. The molecule has 1 fully saturated rings. The normalized spacial score (nSPS) is 18.8. The molecule has 2 heterocycles. The SMILES string of the molecule is COC(=O)c1cc(C)cc2c(B3OC(C)(C)C(C)(C)O3)c(CN)oc12. The molecule has 0 amide bonds. The summed E-state index contributed by atoms with van der Waals surface area (Å²) in [7, 11) is 0.732. The average Bonchev–Trinajstić information content (AvgIpc) is 2.99. The predicted octanol–water partition coefficient (Wildman–Crippen LogP) is 2.29. The molecule has 0 aliphatic carbocycles. The first-order valence-electron chi connectivity index (χ1n) is 8.31. The summed E-state index contributed by atoms with van der Waals surface area (Å²) in [6.45, 7) is 10.0. The molecule has 0 bridgehead atoms. The van der Waals surface area contributed by atoms with Crippen LogP contribution in [0.3, 0.4) is 0 Å². The van der Waals surface area contributed by atoms with Gasteiger partial charge in [0.1, 0.15) is 16.9 Å². The van der Waals surface area contributed by atoms with E-state index in [1.165, 1.54) is 7.11 Å². The quantitative estimate of drug-likeness (QED) is 0.679. The first-order chi connectivity index (χ1) is 11.6. The molecule has 2 N–H and O–H groups in total. The van der Waals surface area contributed by atoms with Crippen molar-refractivity contribution >= 4 is 29.5 Å². The van der Waals surface area contributed by atoms with Crippen LogP contribution in [-0.2, 0) is 20.6 Å². The van der Waals surface area contributed by atoms with E-state index in [9.17, 15) is 4.79 Å². The highest BCUT2D eigenvalue weighted by Gasteiger charge is 2.53. The number of hydrogen-bond acceptors (Lipinski definition) is 6. The van der Waals surface area contributed by atoms with Gasteiger partial charge in [0, 0.05) is 10.8 Å². The first kappa shape index (κ1) is 18.0. The maximum absolute atomic E-state index is 12.1. The molecular weight excluding hydrogens is 321 g/mol. The monoisotopic (exact) mass is 345 g/mol. The minimum absolute atomic E-state index is 0.174. The van der Waals surface area contributed by atoms with Crippen molar-refractivity contribution in [2.24, 2.45) is 5.73 Å². The van der Waals surface area contributed by atoms with Crippen molar-refractivity contribution in [2.45, 2.75) is 52.4 Å². The lowest BCUT2D eigenvalue weighted by Gasteiger charge is -2.32. The number of aryl methyl sites for hydroxylation is 1. The second kappa shape index (κ2) is 5.86. The van der Waals surface area contributed by atoms with E-state index in [1.807, 2.05) is 40.7 Å². The molecule has 0 atom stereocenters. The van der Waals surface area contributed by atoms with Gasteiger partial charge >= 0.3 is 13.1 Å². The summed E-state index contributed by atoms with van der Waals surface area (Å²) in [4.78, 5) is 12.1. The summed E-state index contributed by atoms with van der Waals surface area (Å²) in [5.41, 5.74) is 7.40. The van der Waals surface area contributed by atoms with Crippen LogP contribution in [0.4, 0.5) is 0 Å². The van der Waals surface area contributed by atoms with Crippen molar-refractivity contribution in [1.29, 1.82) is 0 Å². The van der Waals surface area contributed by atoms with Crippen LogP contribution in [0.5, 0.6) is 0 Å². The van der Waals surface area contributed by atoms with Crippen LogP contribution in [0.25, 0.3) is 11.0 Å². The van der Waals surface area contributed by atoms with E-state index >= 15 is 0 Å². The number of ether oxygens (including phenoxy) is 1. The minimum Gasteiger partial charge on any atom is -0.465 e. The van der Waals surface area contributed by atoms with E-state index in [0.29, 0.717) is 16.9 Å². The average molecular weight is 345 g/mol. The van der Waals surface area contributed by atoms with Gasteiger partial charge in [0.05, 0.1) is 24.9 Å². The number of esters is 1. The van der Waals surface area contributed by atoms with Crippen LogP contribution in [-0.4, -0.2) is 31.4 Å². The van der Waals surface area contributed by atoms with Crippen LogP contribution in [0.15, 0.2) is 16.5 Å². The maximum atomic E-state index is 12.1. The lowest BCUT2D eigenvalue weighted by atomic mass is 9.76. The van der Waals surface area contributed by atoms with Gasteiger partial charge in [-0.2, -0.15) is 0 Å². The third-order valence-corrected chi connectivity index (χ3v) is 5.13. The van der Waals surface area contributed by atoms with E-state index in [-0.39, 0.29) is 6.54 Å². The van der Waals surface area contributed by atoms with E-state index in [1.54, 1.807) is 6.07 Å². The zero-order chi connectivity index (χ0) is 18.6. The Labute approximate surface area is 147 Å². The molecule has 2 aromatic rings. The molecule has 3 rings (SSSR count). The molecule has 25 heavy (non-hydrogen) atoms. The van der Waals surface area contributed by atoms with E-state index in [2.05, 4.69) is 0 Å². The second-order valence-corrected chi connectivity index (χ2v) is 7.41. The Kier molecular flexibility index (Phi) is 4.22. The fourth-order valence-electron chi connectivity index (χ4n) is 3.04. The molecule has 6 nitrogen and oxygen atoms in total. The molecular formula is C18H24BNO5. The number of carbonyl (C=O) groups is 1. The van der Waals surface area contributed by atoms with E-state index < -0.39 is 24.3 Å². The second-order valence-electron chi connectivity index (χ2n) is 7.41. The van der Waals surface area contributed by atoms with Crippen molar-refractivity contribution in [1.82, 2.24) is 0 Å². The predicted molar refractivity (Wildman–Crippen MR) is 95.9 cm³/mol. The standard InChI is InChI=1S/C18H24BNO5/c1-10-7-11-14(19-24-17(2,3)18(4,5)25-19)13(9-20)23-15(11)12(8-10)16(21)22-6/h7-8H,9,20H2,1-6H3. The molecule has 1 aromatic carbocycles. The number of fused-ring (bicyclic) bond motifs is 1. The fraction of sp³-hybridized carbons (Fsp3) is 0.500. The summed E-state index contributed by atoms with van der Waals surface area (Å²) in [5.74, 6) is 0.0933. The van der Waals surface area contributed by atoms with Crippen LogP contribution in [0.2, 0.25) is 0 Å². The maximum Gasteiger partial charge on any atom is 0.499 e. The Bertz CT molecular complexity index is 824. The largest absolute Gasteiger partial charge is 0.499 e. The van der Waals surface area contributed by atoms with E-state index in [0.717, 1.165) is 16.4 Å². The van der Waals surface area contributed by atoms with Crippen LogP contribution >= 0.6 is 0 Å². The summed E-state index contributed by atoms with van der Waals surface area (Å²) in [6, 6.07) is 3.69. The highest BCUT2D eigenvalue weighted by Crippen LogP contribution is 2.38. The summed E-state index contributed by atoms with van der Waals surface area (Å²) in [5, 5.41) is 0.763. The third kappa shape index (κ3) is 2.76. The summed E-state index contributed by atoms with van der Waals surface area (Å²) < 4.78 is 23.1. The number of benzene rings is 1. The molecule has 7 heteroatoms. The smallest absolute Gasteiger partial charge is 0.465 e. The van der Waals surface area contributed by atoms with Gasteiger partial charge in [-0.1, -0.05) is 0 Å². The first-order valence-corrected chi connectivity index (χ1v) is 8.31. The van der Waals surface area contributed by atoms with Gasteiger partial charge in [-0.25, -0.2) is 4.79 Å². The lowest BCUT2D eigenvalue weighted by Crippen LogP contribution is -2.41. The topological polar surface area (TPSA) is 83.9 Å². The lowest BCUT2D eigenvalue weighted by molar-refractivity contribution is 0.00578. The van der Waals surface area contributed by atoms with Gasteiger partial charge < -0.3 is 24.2 Å². The zero-order valence-electron chi connectivity index (χ0n) is 15.6. The number of nitrogens with two attached hydrogens (primary N) is 1. The summed E-state index contributed by atoms with van der Waals surface area (Å²) in [6.07, 6.45) is 0. The molecule has 1 aliphatic rings. The fourth-order valence-corrected chi connectivity index (χ4v) is 3.04. The molecule has 1 aliphatic heterocycles. The number of methoxy groups -OCH3 is 1. The Hall–Kier alpha value is -1.83. The highest BCUT2D eigenvalue weighted by atomic mass is 16.7. The van der Waals surface area contributed by atoms with Gasteiger partial charge in [0.15, 0.2) is 0 Å². The number of carbonyl (C=O) groups excluding carboxylic acids is 1. The van der Waals surface area contributed by atoms with Crippen molar-refractivity contribution in [3.8, 4) is 0 Å². The van der Waals surface area contributed by atoms with Crippen molar-refractivity contribution < 1.29 is 23.3 Å². The minimum atomic E-state index is -0.614. The van der Waals surface area contributed by atoms with Gasteiger partial charge in [0.2, 0.25) is 0 Å². The van der Waals surface area contributed by atoms with Crippen LogP contribution < -0.4 is 11.2 Å². The Balaban J connectivity index is 2.22. The molecule has 0 saturated carbocycles. The van der Waals surface area contributed by atoms with E-state index in [4.69, 9.17) is 24.2 Å². The molecule has 134 valence electrons. The van der Waals surface area contributed by atoms with Gasteiger partial charge in [-0.05, 0) is 52.3 Å². The molecule has 1 saturated heterocycles.